The van der Waals surface area contributed by atoms with Crippen molar-refractivity contribution in [2.24, 2.45) is 11.1 Å². The van der Waals surface area contributed by atoms with E-state index in [1.807, 2.05) is 52.0 Å². The molecule has 1 aromatic carbocycles. The second-order valence-corrected chi connectivity index (χ2v) is 5.97. The van der Waals surface area contributed by atoms with E-state index in [1.54, 1.807) is 0 Å². The minimum Gasteiger partial charge on any atom is -0.377 e. The van der Waals surface area contributed by atoms with Gasteiger partial charge in [-0.3, -0.25) is 4.79 Å². The summed E-state index contributed by atoms with van der Waals surface area (Å²) in [6, 6.07) is 7.43. The Bertz CT molecular complexity index is 444. The number of ether oxygens (including phenoxy) is 1. The van der Waals surface area contributed by atoms with Crippen molar-refractivity contribution >= 4 is 18.3 Å². The second-order valence-electron chi connectivity index (χ2n) is 5.97. The third-order valence-electron chi connectivity index (χ3n) is 3.25. The van der Waals surface area contributed by atoms with E-state index >= 15 is 0 Å². The van der Waals surface area contributed by atoms with Gasteiger partial charge in [-0.1, -0.05) is 45.0 Å². The largest absolute Gasteiger partial charge is 0.377 e. The average molecular weight is 315 g/mol. The first-order valence-electron chi connectivity index (χ1n) is 7.04. The second kappa shape index (κ2) is 9.03. The molecule has 0 heterocycles. The Balaban J connectivity index is 0.00000400. The number of carbonyl (C=O) groups is 1. The molecular weight excluding hydrogens is 288 g/mol. The van der Waals surface area contributed by atoms with E-state index in [4.69, 9.17) is 10.5 Å². The molecule has 120 valence electrons. The van der Waals surface area contributed by atoms with Crippen LogP contribution < -0.4 is 11.1 Å². The summed E-state index contributed by atoms with van der Waals surface area (Å²) in [5.41, 5.74) is 7.86. The van der Waals surface area contributed by atoms with Crippen LogP contribution in [0.2, 0.25) is 0 Å². The van der Waals surface area contributed by atoms with Crippen molar-refractivity contribution < 1.29 is 9.53 Å². The smallest absolute Gasteiger partial charge is 0.237 e. The summed E-state index contributed by atoms with van der Waals surface area (Å²) < 4.78 is 5.43. The summed E-state index contributed by atoms with van der Waals surface area (Å²) >= 11 is 0. The molecule has 0 aliphatic heterocycles. The topological polar surface area (TPSA) is 64.3 Å². The lowest BCUT2D eigenvalue weighted by molar-refractivity contribution is -0.124. The van der Waals surface area contributed by atoms with E-state index in [9.17, 15) is 4.79 Å². The van der Waals surface area contributed by atoms with Crippen LogP contribution in [-0.4, -0.2) is 18.6 Å². The van der Waals surface area contributed by atoms with Gasteiger partial charge in [-0.05, 0) is 23.5 Å². The number of carbonyl (C=O) groups excluding carboxylic acids is 1. The molecule has 0 bridgehead atoms. The molecule has 5 heteroatoms. The van der Waals surface area contributed by atoms with E-state index in [2.05, 4.69) is 5.32 Å². The van der Waals surface area contributed by atoms with Crippen molar-refractivity contribution in [3.8, 4) is 0 Å². The number of amides is 1. The minimum atomic E-state index is -0.512. The zero-order valence-corrected chi connectivity index (χ0v) is 14.1. The van der Waals surface area contributed by atoms with Crippen molar-refractivity contribution in [2.45, 2.75) is 46.9 Å². The standard InChI is InChI=1S/C16H26N2O2.ClH/c1-5-20-11-13-9-7-6-8-12(13)10-18-15(19)14(17)16(2,3)4;/h6-9,14H,5,10-11,17H2,1-4H3,(H,18,19);1H/t14-;/m1./s1. The Morgan fingerprint density at radius 3 is 2.38 bits per heavy atom. The van der Waals surface area contributed by atoms with Gasteiger partial charge in [0.05, 0.1) is 12.6 Å². The van der Waals surface area contributed by atoms with Gasteiger partial charge in [0.2, 0.25) is 5.91 Å². The van der Waals surface area contributed by atoms with Gasteiger partial charge in [0.1, 0.15) is 0 Å². The highest BCUT2D eigenvalue weighted by molar-refractivity contribution is 5.85. The third kappa shape index (κ3) is 6.46. The maximum atomic E-state index is 12.0. The van der Waals surface area contributed by atoms with Crippen LogP contribution in [0.15, 0.2) is 24.3 Å². The predicted molar refractivity (Wildman–Crippen MR) is 88.3 cm³/mol. The number of hydrogen-bond donors (Lipinski definition) is 2. The number of nitrogens with two attached hydrogens (primary N) is 1. The highest BCUT2D eigenvalue weighted by Gasteiger charge is 2.27. The van der Waals surface area contributed by atoms with Gasteiger partial charge in [0, 0.05) is 13.2 Å². The molecule has 1 rings (SSSR count). The predicted octanol–water partition coefficient (Wildman–Crippen LogP) is 2.63. The van der Waals surface area contributed by atoms with E-state index in [0.717, 1.165) is 11.1 Å². The molecule has 0 saturated heterocycles. The monoisotopic (exact) mass is 314 g/mol. The summed E-state index contributed by atoms with van der Waals surface area (Å²) in [5, 5.41) is 2.90. The third-order valence-corrected chi connectivity index (χ3v) is 3.25. The van der Waals surface area contributed by atoms with Crippen molar-refractivity contribution in [3.05, 3.63) is 35.4 Å². The lowest BCUT2D eigenvalue weighted by atomic mass is 9.87. The Morgan fingerprint density at radius 1 is 1.29 bits per heavy atom. The Kier molecular flexibility index (Phi) is 8.55. The van der Waals surface area contributed by atoms with Gasteiger partial charge in [0.15, 0.2) is 0 Å². The molecule has 21 heavy (non-hydrogen) atoms. The number of nitrogens with one attached hydrogen (secondary N) is 1. The molecule has 1 aromatic rings. The molecule has 1 atom stereocenters. The number of hydrogen-bond acceptors (Lipinski definition) is 3. The van der Waals surface area contributed by atoms with Gasteiger partial charge < -0.3 is 15.8 Å². The average Bonchev–Trinajstić information content (AvgIpc) is 2.41. The summed E-state index contributed by atoms with van der Waals surface area (Å²) in [6.45, 7) is 9.56. The molecule has 1 amide bonds. The summed E-state index contributed by atoms with van der Waals surface area (Å²) in [5.74, 6) is -0.122. The van der Waals surface area contributed by atoms with Crippen molar-refractivity contribution in [1.29, 1.82) is 0 Å². The molecule has 0 radical (unpaired) electrons. The van der Waals surface area contributed by atoms with Crippen LogP contribution >= 0.6 is 12.4 Å². The van der Waals surface area contributed by atoms with Crippen LogP contribution in [0.1, 0.15) is 38.8 Å². The fraction of sp³-hybridized carbons (Fsp3) is 0.562. The molecule has 0 aromatic heterocycles. The molecule has 4 nitrogen and oxygen atoms in total. The van der Waals surface area contributed by atoms with Gasteiger partial charge in [0.25, 0.3) is 0 Å². The number of benzene rings is 1. The van der Waals surface area contributed by atoms with Crippen molar-refractivity contribution in [2.75, 3.05) is 6.61 Å². The highest BCUT2D eigenvalue weighted by atomic mass is 35.5. The Labute approximate surface area is 133 Å². The molecule has 0 fully saturated rings. The van der Waals surface area contributed by atoms with Crippen LogP contribution in [0.3, 0.4) is 0 Å². The summed E-state index contributed by atoms with van der Waals surface area (Å²) in [6.07, 6.45) is 0. The van der Waals surface area contributed by atoms with E-state index in [-0.39, 0.29) is 23.7 Å². The van der Waals surface area contributed by atoms with Crippen LogP contribution in [0, 0.1) is 5.41 Å². The SMILES string of the molecule is CCOCc1ccccc1CNC(=O)[C@@H](N)C(C)(C)C.Cl. The van der Waals surface area contributed by atoms with E-state index < -0.39 is 6.04 Å². The van der Waals surface area contributed by atoms with E-state index in [0.29, 0.717) is 19.8 Å². The van der Waals surface area contributed by atoms with Crippen LogP contribution in [0.25, 0.3) is 0 Å². The van der Waals surface area contributed by atoms with Gasteiger partial charge in [-0.15, -0.1) is 12.4 Å². The fourth-order valence-corrected chi connectivity index (χ4v) is 1.77. The Hall–Kier alpha value is -1.10. The first-order chi connectivity index (χ1) is 9.36. The highest BCUT2D eigenvalue weighted by Crippen LogP contribution is 2.17. The quantitative estimate of drug-likeness (QED) is 0.848. The van der Waals surface area contributed by atoms with Gasteiger partial charge in [-0.25, -0.2) is 0 Å². The maximum Gasteiger partial charge on any atom is 0.237 e. The number of rotatable bonds is 6. The molecule has 3 N–H and O–H groups in total. The normalized spacial score (nSPS) is 12.4. The maximum absolute atomic E-state index is 12.0. The van der Waals surface area contributed by atoms with E-state index in [1.165, 1.54) is 0 Å². The first kappa shape index (κ1) is 19.9. The first-order valence-corrected chi connectivity index (χ1v) is 7.04. The van der Waals surface area contributed by atoms with Crippen LogP contribution in [0.4, 0.5) is 0 Å². The lowest BCUT2D eigenvalue weighted by Crippen LogP contribution is -2.48. The summed E-state index contributed by atoms with van der Waals surface area (Å²) in [4.78, 5) is 12.0. The summed E-state index contributed by atoms with van der Waals surface area (Å²) in [7, 11) is 0. The zero-order valence-electron chi connectivity index (χ0n) is 13.3. The van der Waals surface area contributed by atoms with Gasteiger partial charge in [-0.2, -0.15) is 0 Å². The van der Waals surface area contributed by atoms with Crippen LogP contribution in [0.5, 0.6) is 0 Å². The molecule has 0 unspecified atom stereocenters. The number of halogens is 1. The zero-order chi connectivity index (χ0) is 15.2. The van der Waals surface area contributed by atoms with Crippen LogP contribution in [-0.2, 0) is 22.7 Å². The van der Waals surface area contributed by atoms with Gasteiger partial charge >= 0.3 is 0 Å². The van der Waals surface area contributed by atoms with Crippen molar-refractivity contribution in [3.63, 3.8) is 0 Å². The fourth-order valence-electron chi connectivity index (χ4n) is 1.77. The van der Waals surface area contributed by atoms with Crippen molar-refractivity contribution in [1.82, 2.24) is 5.32 Å². The Morgan fingerprint density at radius 2 is 1.86 bits per heavy atom. The molecule has 0 saturated carbocycles. The lowest BCUT2D eigenvalue weighted by Gasteiger charge is -2.26. The minimum absolute atomic E-state index is 0. The molecule has 0 aliphatic rings. The molecular formula is C16H27ClN2O2. The molecule has 0 spiro atoms. The molecule has 0 aliphatic carbocycles.